The fraction of sp³-hybridized carbons (Fsp3) is 0.929. The van der Waals surface area contributed by atoms with Gasteiger partial charge in [-0.3, -0.25) is 5.32 Å². The summed E-state index contributed by atoms with van der Waals surface area (Å²) < 4.78 is 0. The van der Waals surface area contributed by atoms with Gasteiger partial charge < -0.3 is 0 Å². The Hall–Kier alpha value is -0.550. The maximum atomic E-state index is 9.18. The Labute approximate surface area is 100 Å². The molecule has 0 aromatic carbocycles. The summed E-state index contributed by atoms with van der Waals surface area (Å²) >= 11 is 0. The average molecular weight is 222 g/mol. The molecule has 0 bridgehead atoms. The number of nitriles is 1. The molecule has 1 atom stereocenters. The number of hydrogen-bond acceptors (Lipinski definition) is 2. The first-order valence-corrected chi connectivity index (χ1v) is 6.68. The van der Waals surface area contributed by atoms with Crippen LogP contribution in [0.25, 0.3) is 0 Å². The van der Waals surface area contributed by atoms with Gasteiger partial charge in [-0.15, -0.1) is 0 Å². The highest BCUT2D eigenvalue weighted by Crippen LogP contribution is 2.26. The summed E-state index contributed by atoms with van der Waals surface area (Å²) in [6.45, 7) is 6.39. The molecule has 1 aliphatic rings. The molecule has 1 saturated carbocycles. The first kappa shape index (κ1) is 13.5. The summed E-state index contributed by atoms with van der Waals surface area (Å²) in [5.74, 6) is 0.766. The van der Waals surface area contributed by atoms with Crippen LogP contribution in [0.5, 0.6) is 0 Å². The largest absolute Gasteiger partial charge is 0.297 e. The van der Waals surface area contributed by atoms with Crippen LogP contribution < -0.4 is 5.32 Å². The van der Waals surface area contributed by atoms with Crippen LogP contribution in [0.1, 0.15) is 65.7 Å². The van der Waals surface area contributed by atoms with E-state index in [0.717, 1.165) is 12.3 Å². The van der Waals surface area contributed by atoms with E-state index in [4.69, 9.17) is 0 Å². The van der Waals surface area contributed by atoms with E-state index < -0.39 is 0 Å². The second-order valence-electron chi connectivity index (χ2n) is 6.17. The fourth-order valence-electron chi connectivity index (χ4n) is 2.60. The molecule has 0 radical (unpaired) electrons. The Morgan fingerprint density at radius 3 is 2.19 bits per heavy atom. The molecule has 1 fully saturated rings. The molecule has 16 heavy (non-hydrogen) atoms. The second kappa shape index (κ2) is 6.25. The van der Waals surface area contributed by atoms with Gasteiger partial charge in [0.15, 0.2) is 0 Å². The molecule has 2 nitrogen and oxygen atoms in total. The average Bonchev–Trinajstić information content (AvgIpc) is 2.43. The maximum Gasteiger partial charge on any atom is 0.0959 e. The number of rotatable bonds is 3. The quantitative estimate of drug-likeness (QED) is 0.740. The lowest BCUT2D eigenvalue weighted by Gasteiger charge is -2.26. The minimum atomic E-state index is 0.0306. The van der Waals surface area contributed by atoms with Crippen LogP contribution in [0.4, 0.5) is 0 Å². The van der Waals surface area contributed by atoms with Crippen LogP contribution in [0, 0.1) is 17.2 Å². The maximum absolute atomic E-state index is 9.18. The van der Waals surface area contributed by atoms with Gasteiger partial charge >= 0.3 is 0 Å². The molecular formula is C14H26N2. The van der Waals surface area contributed by atoms with Gasteiger partial charge in [0.05, 0.1) is 12.1 Å². The van der Waals surface area contributed by atoms with Crippen molar-refractivity contribution in [2.45, 2.75) is 77.3 Å². The number of nitrogens with one attached hydrogen (secondary N) is 1. The molecule has 1 unspecified atom stereocenters. The van der Waals surface area contributed by atoms with E-state index in [0.29, 0.717) is 0 Å². The molecule has 0 saturated heterocycles. The van der Waals surface area contributed by atoms with Gasteiger partial charge in [-0.05, 0) is 33.1 Å². The van der Waals surface area contributed by atoms with E-state index in [1.807, 2.05) is 0 Å². The zero-order valence-corrected chi connectivity index (χ0v) is 11.1. The van der Waals surface area contributed by atoms with Crippen molar-refractivity contribution in [3.63, 3.8) is 0 Å². The summed E-state index contributed by atoms with van der Waals surface area (Å²) in [4.78, 5) is 0. The topological polar surface area (TPSA) is 35.8 Å². The standard InChI is InChI=1S/C14H26N2/c1-14(2,3)16-13(11-15)10-12-8-6-4-5-7-9-12/h12-13,16H,4-10H2,1-3H3. The lowest BCUT2D eigenvalue weighted by atomic mass is 9.92. The molecule has 92 valence electrons. The lowest BCUT2D eigenvalue weighted by molar-refractivity contribution is 0.328. The molecule has 1 N–H and O–H groups in total. The Morgan fingerprint density at radius 2 is 1.75 bits per heavy atom. The third kappa shape index (κ3) is 5.51. The first-order valence-electron chi connectivity index (χ1n) is 6.68. The Balaban J connectivity index is 2.40. The Kier molecular flexibility index (Phi) is 5.28. The van der Waals surface area contributed by atoms with Crippen molar-refractivity contribution in [3.8, 4) is 6.07 Å². The predicted octanol–water partition coefficient (Wildman–Crippen LogP) is 3.63. The second-order valence-corrected chi connectivity index (χ2v) is 6.17. The molecule has 0 aromatic heterocycles. The number of hydrogen-bond donors (Lipinski definition) is 1. The van der Waals surface area contributed by atoms with Gasteiger partial charge in [0.2, 0.25) is 0 Å². The van der Waals surface area contributed by atoms with Crippen LogP contribution in [-0.4, -0.2) is 11.6 Å². The summed E-state index contributed by atoms with van der Waals surface area (Å²) in [5.41, 5.74) is 0.0468. The van der Waals surface area contributed by atoms with E-state index in [1.54, 1.807) is 0 Å². The van der Waals surface area contributed by atoms with Crippen molar-refractivity contribution in [1.82, 2.24) is 5.32 Å². The third-order valence-electron chi connectivity index (χ3n) is 3.31. The summed E-state index contributed by atoms with van der Waals surface area (Å²) in [7, 11) is 0. The van der Waals surface area contributed by atoms with E-state index in [-0.39, 0.29) is 11.6 Å². The van der Waals surface area contributed by atoms with Gasteiger partial charge in [-0.2, -0.15) is 5.26 Å². The van der Waals surface area contributed by atoms with E-state index >= 15 is 0 Å². The van der Waals surface area contributed by atoms with Gasteiger partial charge in [0.25, 0.3) is 0 Å². The highest BCUT2D eigenvalue weighted by molar-refractivity contribution is 4.95. The molecular weight excluding hydrogens is 196 g/mol. The summed E-state index contributed by atoms with van der Waals surface area (Å²) in [6.07, 6.45) is 9.18. The number of nitrogens with zero attached hydrogens (tertiary/aromatic N) is 1. The van der Waals surface area contributed by atoms with Crippen molar-refractivity contribution in [2.24, 2.45) is 5.92 Å². The normalized spacial score (nSPS) is 21.1. The molecule has 0 aromatic rings. The Morgan fingerprint density at radius 1 is 1.19 bits per heavy atom. The van der Waals surface area contributed by atoms with Crippen LogP contribution in [-0.2, 0) is 0 Å². The van der Waals surface area contributed by atoms with Crippen molar-refractivity contribution >= 4 is 0 Å². The molecule has 2 heteroatoms. The summed E-state index contributed by atoms with van der Waals surface area (Å²) in [5, 5.41) is 12.6. The van der Waals surface area contributed by atoms with Crippen molar-refractivity contribution in [1.29, 1.82) is 5.26 Å². The molecule has 1 rings (SSSR count). The SMILES string of the molecule is CC(C)(C)NC(C#N)CC1CCCCCC1. The van der Waals surface area contributed by atoms with Crippen molar-refractivity contribution in [2.75, 3.05) is 0 Å². The van der Waals surface area contributed by atoms with Crippen molar-refractivity contribution < 1.29 is 0 Å². The minimum absolute atomic E-state index is 0.0306. The van der Waals surface area contributed by atoms with Crippen molar-refractivity contribution in [3.05, 3.63) is 0 Å². The highest BCUT2D eigenvalue weighted by atomic mass is 15.0. The molecule has 0 spiro atoms. The molecule has 1 aliphatic carbocycles. The summed E-state index contributed by atoms with van der Waals surface area (Å²) in [6, 6.07) is 2.45. The van der Waals surface area contributed by atoms with Crippen LogP contribution in [0.3, 0.4) is 0 Å². The zero-order chi connectivity index (χ0) is 12.0. The van der Waals surface area contributed by atoms with Gasteiger partial charge in [-0.1, -0.05) is 38.5 Å². The molecule has 0 heterocycles. The van der Waals surface area contributed by atoms with Crippen LogP contribution in [0.2, 0.25) is 0 Å². The minimum Gasteiger partial charge on any atom is -0.297 e. The first-order chi connectivity index (χ1) is 7.51. The Bertz CT molecular complexity index is 226. The van der Waals surface area contributed by atoms with Gasteiger partial charge in [-0.25, -0.2) is 0 Å². The van der Waals surface area contributed by atoms with Gasteiger partial charge in [0.1, 0.15) is 0 Å². The van der Waals surface area contributed by atoms with Crippen LogP contribution in [0.15, 0.2) is 0 Å². The highest BCUT2D eigenvalue weighted by Gasteiger charge is 2.21. The van der Waals surface area contributed by atoms with Gasteiger partial charge in [0, 0.05) is 5.54 Å². The fourth-order valence-corrected chi connectivity index (χ4v) is 2.60. The van der Waals surface area contributed by atoms with Crippen LogP contribution >= 0.6 is 0 Å². The predicted molar refractivity (Wildman–Crippen MR) is 68.1 cm³/mol. The zero-order valence-electron chi connectivity index (χ0n) is 11.1. The van der Waals surface area contributed by atoms with E-state index in [9.17, 15) is 5.26 Å². The molecule has 0 amide bonds. The lowest BCUT2D eigenvalue weighted by Crippen LogP contribution is -2.43. The smallest absolute Gasteiger partial charge is 0.0959 e. The third-order valence-corrected chi connectivity index (χ3v) is 3.31. The van der Waals surface area contributed by atoms with E-state index in [1.165, 1.54) is 38.5 Å². The van der Waals surface area contributed by atoms with E-state index in [2.05, 4.69) is 32.2 Å². The monoisotopic (exact) mass is 222 g/mol. The molecule has 0 aliphatic heterocycles.